The standard InChI is InChI=1S/C14H20BrN3/c1-10-11(15)6-7-14(17-10)18-9-3-5-13(18)12-4-2-8-16-12/h6-7,12-13,16H,2-5,8-9H2,1H3. The average molecular weight is 310 g/mol. The Kier molecular flexibility index (Phi) is 3.57. The molecule has 0 amide bonds. The van der Waals surface area contributed by atoms with Crippen LogP contribution in [0.25, 0.3) is 0 Å². The van der Waals surface area contributed by atoms with E-state index in [-0.39, 0.29) is 0 Å². The molecule has 2 unspecified atom stereocenters. The average Bonchev–Trinajstić information content (AvgIpc) is 3.00. The summed E-state index contributed by atoms with van der Waals surface area (Å²) in [7, 11) is 0. The second-order valence-electron chi connectivity index (χ2n) is 5.34. The first-order valence-electron chi connectivity index (χ1n) is 6.89. The fourth-order valence-electron chi connectivity index (χ4n) is 3.23. The van der Waals surface area contributed by atoms with Gasteiger partial charge in [-0.05, 0) is 67.2 Å². The third-order valence-corrected chi connectivity index (χ3v) is 5.00. The minimum absolute atomic E-state index is 0.639. The zero-order chi connectivity index (χ0) is 12.5. The molecule has 4 heteroatoms. The lowest BCUT2D eigenvalue weighted by atomic mass is 10.0. The van der Waals surface area contributed by atoms with Crippen molar-refractivity contribution >= 4 is 21.7 Å². The molecule has 0 radical (unpaired) electrons. The van der Waals surface area contributed by atoms with Crippen LogP contribution >= 0.6 is 15.9 Å². The zero-order valence-corrected chi connectivity index (χ0v) is 12.4. The highest BCUT2D eigenvalue weighted by Gasteiger charge is 2.33. The van der Waals surface area contributed by atoms with Crippen molar-refractivity contribution in [3.05, 3.63) is 22.3 Å². The number of hydrogen-bond donors (Lipinski definition) is 1. The second kappa shape index (κ2) is 5.17. The Bertz CT molecular complexity index is 429. The molecule has 2 aliphatic heterocycles. The monoisotopic (exact) mass is 309 g/mol. The molecule has 1 N–H and O–H groups in total. The Morgan fingerprint density at radius 3 is 2.94 bits per heavy atom. The van der Waals surface area contributed by atoms with Crippen LogP contribution in [0.3, 0.4) is 0 Å². The van der Waals surface area contributed by atoms with Crippen LogP contribution in [0.5, 0.6) is 0 Å². The molecule has 2 fully saturated rings. The van der Waals surface area contributed by atoms with Gasteiger partial charge in [0.05, 0.1) is 5.69 Å². The topological polar surface area (TPSA) is 28.2 Å². The van der Waals surface area contributed by atoms with Crippen LogP contribution in [0.4, 0.5) is 5.82 Å². The summed E-state index contributed by atoms with van der Waals surface area (Å²) in [6.07, 6.45) is 5.23. The predicted octanol–water partition coefficient (Wildman–Crippen LogP) is 2.87. The summed E-state index contributed by atoms with van der Waals surface area (Å²) in [5.74, 6) is 1.15. The van der Waals surface area contributed by atoms with Gasteiger partial charge in [0.1, 0.15) is 5.82 Å². The lowest BCUT2D eigenvalue weighted by Crippen LogP contribution is -2.44. The number of anilines is 1. The van der Waals surface area contributed by atoms with Gasteiger partial charge in [0, 0.05) is 23.1 Å². The highest BCUT2D eigenvalue weighted by molar-refractivity contribution is 9.10. The smallest absolute Gasteiger partial charge is 0.129 e. The van der Waals surface area contributed by atoms with E-state index in [2.05, 4.69) is 45.2 Å². The molecule has 2 atom stereocenters. The van der Waals surface area contributed by atoms with Gasteiger partial charge in [-0.25, -0.2) is 4.98 Å². The van der Waals surface area contributed by atoms with E-state index in [1.54, 1.807) is 0 Å². The molecule has 1 aromatic heterocycles. The zero-order valence-electron chi connectivity index (χ0n) is 10.8. The van der Waals surface area contributed by atoms with Gasteiger partial charge in [-0.2, -0.15) is 0 Å². The third-order valence-electron chi connectivity index (χ3n) is 4.16. The highest BCUT2D eigenvalue weighted by Crippen LogP contribution is 2.30. The van der Waals surface area contributed by atoms with Crippen molar-refractivity contribution in [1.82, 2.24) is 10.3 Å². The molecule has 0 spiro atoms. The molecule has 1 aromatic rings. The van der Waals surface area contributed by atoms with Gasteiger partial charge in [0.15, 0.2) is 0 Å². The Morgan fingerprint density at radius 2 is 2.22 bits per heavy atom. The van der Waals surface area contributed by atoms with Crippen molar-refractivity contribution < 1.29 is 0 Å². The number of pyridine rings is 1. The minimum atomic E-state index is 0.639. The fourth-order valence-corrected chi connectivity index (χ4v) is 3.45. The first-order chi connectivity index (χ1) is 8.75. The maximum atomic E-state index is 4.73. The quantitative estimate of drug-likeness (QED) is 0.910. The maximum Gasteiger partial charge on any atom is 0.129 e. The van der Waals surface area contributed by atoms with Crippen molar-refractivity contribution in [3.63, 3.8) is 0 Å². The number of halogens is 1. The SMILES string of the molecule is Cc1nc(N2CCCC2C2CCCN2)ccc1Br. The predicted molar refractivity (Wildman–Crippen MR) is 78.1 cm³/mol. The van der Waals surface area contributed by atoms with Crippen molar-refractivity contribution in [2.75, 3.05) is 18.0 Å². The molecule has 2 aliphatic rings. The summed E-state index contributed by atoms with van der Waals surface area (Å²) in [6.45, 7) is 4.39. The van der Waals surface area contributed by atoms with Crippen molar-refractivity contribution in [1.29, 1.82) is 0 Å². The Morgan fingerprint density at radius 1 is 1.33 bits per heavy atom. The fraction of sp³-hybridized carbons (Fsp3) is 0.643. The Hall–Kier alpha value is -0.610. The van der Waals surface area contributed by atoms with E-state index in [0.717, 1.165) is 22.5 Å². The lowest BCUT2D eigenvalue weighted by Gasteiger charge is -2.30. The summed E-state index contributed by atoms with van der Waals surface area (Å²) < 4.78 is 1.10. The molecule has 3 heterocycles. The highest BCUT2D eigenvalue weighted by atomic mass is 79.9. The van der Waals surface area contributed by atoms with Gasteiger partial charge in [-0.3, -0.25) is 0 Å². The molecule has 18 heavy (non-hydrogen) atoms. The lowest BCUT2D eigenvalue weighted by molar-refractivity contribution is 0.481. The van der Waals surface area contributed by atoms with Crippen LogP contribution in [0.1, 0.15) is 31.4 Å². The molecular formula is C14H20BrN3. The van der Waals surface area contributed by atoms with E-state index in [1.807, 2.05) is 0 Å². The first-order valence-corrected chi connectivity index (χ1v) is 7.68. The number of aromatic nitrogens is 1. The molecule has 2 saturated heterocycles. The number of aryl methyl sites for hydroxylation is 1. The van der Waals surface area contributed by atoms with E-state index in [0.29, 0.717) is 12.1 Å². The molecule has 98 valence electrons. The van der Waals surface area contributed by atoms with Gasteiger partial charge in [-0.15, -0.1) is 0 Å². The van der Waals surface area contributed by atoms with Crippen LogP contribution < -0.4 is 10.2 Å². The molecule has 0 aromatic carbocycles. The largest absolute Gasteiger partial charge is 0.352 e. The Balaban J connectivity index is 1.82. The molecule has 0 aliphatic carbocycles. The van der Waals surface area contributed by atoms with Crippen molar-refractivity contribution in [2.24, 2.45) is 0 Å². The van der Waals surface area contributed by atoms with Crippen molar-refractivity contribution in [2.45, 2.75) is 44.7 Å². The van der Waals surface area contributed by atoms with Gasteiger partial charge in [-0.1, -0.05) is 0 Å². The molecule has 3 nitrogen and oxygen atoms in total. The first kappa shape index (κ1) is 12.4. The van der Waals surface area contributed by atoms with Crippen LogP contribution in [-0.4, -0.2) is 30.2 Å². The normalized spacial score (nSPS) is 28.0. The van der Waals surface area contributed by atoms with Crippen LogP contribution in [-0.2, 0) is 0 Å². The van der Waals surface area contributed by atoms with Crippen molar-refractivity contribution in [3.8, 4) is 0 Å². The molecular weight excluding hydrogens is 290 g/mol. The van der Waals surface area contributed by atoms with Gasteiger partial charge in [0.2, 0.25) is 0 Å². The van der Waals surface area contributed by atoms with E-state index in [9.17, 15) is 0 Å². The summed E-state index contributed by atoms with van der Waals surface area (Å²) in [5, 5.41) is 3.65. The minimum Gasteiger partial charge on any atom is -0.352 e. The maximum absolute atomic E-state index is 4.73. The Labute approximate surface area is 117 Å². The second-order valence-corrected chi connectivity index (χ2v) is 6.20. The summed E-state index contributed by atoms with van der Waals surface area (Å²) in [5.41, 5.74) is 1.08. The van der Waals surface area contributed by atoms with E-state index >= 15 is 0 Å². The number of hydrogen-bond acceptors (Lipinski definition) is 3. The third kappa shape index (κ3) is 2.28. The number of nitrogens with zero attached hydrogens (tertiary/aromatic N) is 2. The summed E-state index contributed by atoms with van der Waals surface area (Å²) in [6, 6.07) is 5.57. The molecule has 3 rings (SSSR count). The van der Waals surface area contributed by atoms with Crippen LogP contribution in [0.15, 0.2) is 16.6 Å². The van der Waals surface area contributed by atoms with E-state index in [4.69, 9.17) is 4.98 Å². The van der Waals surface area contributed by atoms with Gasteiger partial charge >= 0.3 is 0 Å². The molecule has 0 bridgehead atoms. The van der Waals surface area contributed by atoms with Gasteiger partial charge < -0.3 is 10.2 Å². The van der Waals surface area contributed by atoms with E-state index in [1.165, 1.54) is 32.2 Å². The number of nitrogens with one attached hydrogen (secondary N) is 1. The summed E-state index contributed by atoms with van der Waals surface area (Å²) in [4.78, 5) is 7.23. The van der Waals surface area contributed by atoms with Gasteiger partial charge in [0.25, 0.3) is 0 Å². The van der Waals surface area contributed by atoms with Crippen LogP contribution in [0, 0.1) is 6.92 Å². The molecule has 0 saturated carbocycles. The van der Waals surface area contributed by atoms with Crippen LogP contribution in [0.2, 0.25) is 0 Å². The number of rotatable bonds is 2. The van der Waals surface area contributed by atoms with E-state index < -0.39 is 0 Å². The summed E-state index contributed by atoms with van der Waals surface area (Å²) >= 11 is 3.53.